The van der Waals surface area contributed by atoms with E-state index in [1.165, 1.54) is 0 Å². The third-order valence-electron chi connectivity index (χ3n) is 2.42. The second-order valence-electron chi connectivity index (χ2n) is 3.74. The molecule has 0 spiro atoms. The number of nitrogens with zero attached hydrogens (tertiary/aromatic N) is 1. The molecule has 1 aromatic rings. The normalized spacial score (nSPS) is 15.9. The molecule has 0 aliphatic carbocycles. The summed E-state index contributed by atoms with van der Waals surface area (Å²) < 4.78 is 37.0. The first-order valence-electron chi connectivity index (χ1n) is 4.71. The van der Waals surface area contributed by atoms with Gasteiger partial charge in [0.05, 0.1) is 16.3 Å². The van der Waals surface area contributed by atoms with Crippen LogP contribution in [-0.2, 0) is 6.18 Å². The molecule has 0 bridgehead atoms. The Morgan fingerprint density at radius 2 is 1.94 bits per heavy atom. The van der Waals surface area contributed by atoms with Crippen LogP contribution in [0.5, 0.6) is 0 Å². The minimum Gasteiger partial charge on any atom is -0.327 e. The summed E-state index contributed by atoms with van der Waals surface area (Å²) in [6.45, 7) is 3.52. The van der Waals surface area contributed by atoms with Crippen molar-refractivity contribution in [1.29, 1.82) is 0 Å². The van der Waals surface area contributed by atoms with E-state index in [4.69, 9.17) is 17.3 Å². The number of pyridine rings is 1. The zero-order valence-electron chi connectivity index (χ0n) is 8.85. The first-order chi connectivity index (χ1) is 7.23. The molecule has 0 amide bonds. The Kier molecular flexibility index (Phi) is 3.80. The van der Waals surface area contributed by atoms with Crippen molar-refractivity contribution in [3.63, 3.8) is 0 Å². The van der Waals surface area contributed by atoms with Crippen molar-refractivity contribution in [2.75, 3.05) is 0 Å². The number of hydrogen-bond donors (Lipinski definition) is 1. The topological polar surface area (TPSA) is 38.9 Å². The van der Waals surface area contributed by atoms with Crippen molar-refractivity contribution in [2.24, 2.45) is 5.73 Å². The van der Waals surface area contributed by atoms with E-state index >= 15 is 0 Å². The van der Waals surface area contributed by atoms with Crippen LogP contribution in [0.1, 0.15) is 31.0 Å². The maximum Gasteiger partial charge on any atom is 0.417 e. The van der Waals surface area contributed by atoms with Gasteiger partial charge in [-0.05, 0) is 13.0 Å². The predicted octanol–water partition coefficient (Wildman–Crippen LogP) is 3.20. The highest BCUT2D eigenvalue weighted by molar-refractivity contribution is 6.31. The van der Waals surface area contributed by atoms with Crippen molar-refractivity contribution in [2.45, 2.75) is 32.0 Å². The van der Waals surface area contributed by atoms with Gasteiger partial charge >= 0.3 is 6.18 Å². The van der Waals surface area contributed by atoms with E-state index < -0.39 is 11.7 Å². The molecule has 0 saturated carbocycles. The van der Waals surface area contributed by atoms with Crippen LogP contribution in [0.25, 0.3) is 0 Å². The lowest BCUT2D eigenvalue weighted by atomic mass is 9.99. The first-order valence-corrected chi connectivity index (χ1v) is 5.09. The fraction of sp³-hybridized carbons (Fsp3) is 0.500. The molecular weight excluding hydrogens is 241 g/mol. The average molecular weight is 253 g/mol. The number of halogens is 4. The van der Waals surface area contributed by atoms with Gasteiger partial charge in [-0.15, -0.1) is 0 Å². The molecule has 0 saturated heterocycles. The molecule has 1 heterocycles. The minimum absolute atomic E-state index is 0.000347. The Morgan fingerprint density at radius 3 is 2.31 bits per heavy atom. The van der Waals surface area contributed by atoms with Crippen molar-refractivity contribution >= 4 is 11.6 Å². The standard InChI is InChI=1S/C10H12ClF3N2/c1-5(6(2)15)9-8(11)3-7(4-16-9)10(12,13)14/h3-6H,15H2,1-2H3/t5-,6-/m0/s1. The van der Waals surface area contributed by atoms with E-state index in [1.54, 1.807) is 13.8 Å². The van der Waals surface area contributed by atoms with Gasteiger partial charge in [-0.1, -0.05) is 18.5 Å². The fourth-order valence-corrected chi connectivity index (χ4v) is 1.53. The molecule has 6 heteroatoms. The maximum atomic E-state index is 12.3. The molecule has 2 atom stereocenters. The molecule has 0 radical (unpaired) electrons. The number of alkyl halides is 3. The van der Waals surface area contributed by atoms with Gasteiger partial charge in [-0.2, -0.15) is 13.2 Å². The lowest BCUT2D eigenvalue weighted by molar-refractivity contribution is -0.137. The molecule has 2 nitrogen and oxygen atoms in total. The van der Waals surface area contributed by atoms with Crippen LogP contribution >= 0.6 is 11.6 Å². The van der Waals surface area contributed by atoms with Crippen LogP contribution in [0.15, 0.2) is 12.3 Å². The van der Waals surface area contributed by atoms with Crippen LogP contribution in [0, 0.1) is 0 Å². The highest BCUT2D eigenvalue weighted by atomic mass is 35.5. The highest BCUT2D eigenvalue weighted by Crippen LogP contribution is 2.33. The zero-order valence-corrected chi connectivity index (χ0v) is 9.60. The largest absolute Gasteiger partial charge is 0.417 e. The van der Waals surface area contributed by atoms with Crippen LogP contribution in [-0.4, -0.2) is 11.0 Å². The molecule has 0 fully saturated rings. The van der Waals surface area contributed by atoms with Crippen LogP contribution < -0.4 is 5.73 Å². The molecule has 0 aliphatic heterocycles. The molecule has 16 heavy (non-hydrogen) atoms. The van der Waals surface area contributed by atoms with Gasteiger partial charge in [0.15, 0.2) is 0 Å². The fourth-order valence-electron chi connectivity index (χ4n) is 1.19. The maximum absolute atomic E-state index is 12.3. The molecule has 1 aromatic heterocycles. The predicted molar refractivity (Wildman–Crippen MR) is 56.3 cm³/mol. The van der Waals surface area contributed by atoms with E-state index in [9.17, 15) is 13.2 Å². The molecule has 2 N–H and O–H groups in total. The quantitative estimate of drug-likeness (QED) is 0.878. The lowest BCUT2D eigenvalue weighted by Crippen LogP contribution is -2.23. The first kappa shape index (κ1) is 13.3. The number of nitrogens with two attached hydrogens (primary N) is 1. The van der Waals surface area contributed by atoms with Crippen molar-refractivity contribution in [3.8, 4) is 0 Å². The third kappa shape index (κ3) is 2.86. The molecule has 1 rings (SSSR count). The minimum atomic E-state index is -4.42. The third-order valence-corrected chi connectivity index (χ3v) is 2.72. The van der Waals surface area contributed by atoms with Gasteiger partial charge in [0.1, 0.15) is 0 Å². The van der Waals surface area contributed by atoms with E-state index in [0.29, 0.717) is 5.69 Å². The summed E-state index contributed by atoms with van der Waals surface area (Å²) >= 11 is 5.76. The summed E-state index contributed by atoms with van der Waals surface area (Å²) in [5.74, 6) is -0.185. The van der Waals surface area contributed by atoms with Gasteiger partial charge in [0, 0.05) is 18.2 Å². The van der Waals surface area contributed by atoms with E-state index in [0.717, 1.165) is 12.3 Å². The van der Waals surface area contributed by atoms with Gasteiger partial charge < -0.3 is 5.73 Å². The SMILES string of the molecule is C[C@H](N)[C@H](C)c1ncc(C(F)(F)F)cc1Cl. The van der Waals surface area contributed by atoms with Crippen LogP contribution in [0.4, 0.5) is 13.2 Å². The molecule has 0 unspecified atom stereocenters. The van der Waals surface area contributed by atoms with E-state index in [1.807, 2.05) is 0 Å². The van der Waals surface area contributed by atoms with Crippen LogP contribution in [0.3, 0.4) is 0 Å². The summed E-state index contributed by atoms with van der Waals surface area (Å²) in [6.07, 6.45) is -3.65. The Morgan fingerprint density at radius 1 is 1.38 bits per heavy atom. The number of hydrogen-bond acceptors (Lipinski definition) is 2. The van der Waals surface area contributed by atoms with Crippen molar-refractivity contribution in [1.82, 2.24) is 4.98 Å². The molecule has 0 aromatic carbocycles. The Labute approximate surface area is 96.6 Å². The highest BCUT2D eigenvalue weighted by Gasteiger charge is 2.32. The summed E-state index contributed by atoms with van der Waals surface area (Å²) in [5.41, 5.74) is 5.18. The summed E-state index contributed by atoms with van der Waals surface area (Å²) in [5, 5.41) is -0.000347. The monoisotopic (exact) mass is 252 g/mol. The Bertz CT molecular complexity index is 377. The number of aromatic nitrogens is 1. The second-order valence-corrected chi connectivity index (χ2v) is 4.14. The van der Waals surface area contributed by atoms with E-state index in [-0.39, 0.29) is 17.0 Å². The van der Waals surface area contributed by atoms with Crippen molar-refractivity contribution < 1.29 is 13.2 Å². The smallest absolute Gasteiger partial charge is 0.327 e. The van der Waals surface area contributed by atoms with Gasteiger partial charge in [0.25, 0.3) is 0 Å². The molecule has 0 aliphatic rings. The molecule has 90 valence electrons. The van der Waals surface area contributed by atoms with Gasteiger partial charge in [-0.25, -0.2) is 0 Å². The second kappa shape index (κ2) is 4.59. The summed E-state index contributed by atoms with van der Waals surface area (Å²) in [4.78, 5) is 3.73. The van der Waals surface area contributed by atoms with Gasteiger partial charge in [-0.3, -0.25) is 4.98 Å². The lowest BCUT2D eigenvalue weighted by Gasteiger charge is -2.17. The summed E-state index contributed by atoms with van der Waals surface area (Å²) in [7, 11) is 0. The Hall–Kier alpha value is -0.810. The zero-order chi connectivity index (χ0) is 12.5. The number of rotatable bonds is 2. The molecular formula is C10H12ClF3N2. The van der Waals surface area contributed by atoms with Gasteiger partial charge in [0.2, 0.25) is 0 Å². The Balaban J connectivity index is 3.10. The van der Waals surface area contributed by atoms with Crippen molar-refractivity contribution in [3.05, 3.63) is 28.5 Å². The van der Waals surface area contributed by atoms with E-state index in [2.05, 4.69) is 4.98 Å². The van der Waals surface area contributed by atoms with Crippen LogP contribution in [0.2, 0.25) is 5.02 Å². The summed E-state index contributed by atoms with van der Waals surface area (Å²) in [6, 6.07) is 0.657. The average Bonchev–Trinajstić information content (AvgIpc) is 2.15.